The van der Waals surface area contributed by atoms with Gasteiger partial charge in [-0.3, -0.25) is 0 Å². The van der Waals surface area contributed by atoms with Gasteiger partial charge in [-0.25, -0.2) is 4.98 Å². The Morgan fingerprint density at radius 1 is 0.968 bits per heavy atom. The summed E-state index contributed by atoms with van der Waals surface area (Å²) in [5.41, 5.74) is 0.261. The average Bonchev–Trinajstić information content (AvgIpc) is 2.75. The van der Waals surface area contributed by atoms with Crippen LogP contribution in [0.25, 0.3) is 0 Å². The molecule has 2 heterocycles. The van der Waals surface area contributed by atoms with Gasteiger partial charge < -0.3 is 15.5 Å². The van der Waals surface area contributed by atoms with Crippen molar-refractivity contribution in [2.24, 2.45) is 0 Å². The molecule has 3 atom stereocenters. The minimum atomic E-state index is -4.29. The molecular weight excluding hydrogens is 469 g/mol. The quantitative estimate of drug-likeness (QED) is 0.544. The molecule has 8 heteroatoms. The molecule has 1 aliphatic carbocycles. The van der Waals surface area contributed by atoms with Gasteiger partial charge >= 0.3 is 6.18 Å². The molecule has 0 radical (unpaired) electrons. The molecule has 1 saturated carbocycles. The number of nitrogens with one attached hydrogen (secondary N) is 2. The monoisotopic (exact) mass is 496 g/mol. The van der Waals surface area contributed by atoms with Gasteiger partial charge in [0.25, 0.3) is 0 Å². The second-order valence-electron chi connectivity index (χ2n) is 8.50. The predicted molar refractivity (Wildman–Crippen MR) is 121 cm³/mol. The molecule has 1 aromatic heterocycles. The number of hydrogen-bond acceptors (Lipinski definition) is 4. The first-order valence-corrected chi connectivity index (χ1v) is 11.7. The van der Waals surface area contributed by atoms with Gasteiger partial charge in [0.15, 0.2) is 0 Å². The van der Waals surface area contributed by atoms with Crippen LogP contribution in [0.3, 0.4) is 0 Å². The third kappa shape index (κ3) is 5.92. The van der Waals surface area contributed by atoms with E-state index in [2.05, 4.69) is 36.4 Å². The normalized spacial score (nSPS) is 24.8. The molecule has 2 aliphatic rings. The molecule has 1 saturated heterocycles. The molecule has 4 nitrogen and oxygen atoms in total. The lowest BCUT2D eigenvalue weighted by Crippen LogP contribution is -2.55. The number of rotatable bonds is 5. The topological polar surface area (TPSA) is 40.2 Å². The van der Waals surface area contributed by atoms with E-state index in [1.165, 1.54) is 25.0 Å². The Morgan fingerprint density at radius 3 is 2.42 bits per heavy atom. The van der Waals surface area contributed by atoms with Crippen molar-refractivity contribution in [1.82, 2.24) is 10.3 Å². The standard InChI is InChI=1S/C23H28BrF3N4/c24-17-11-12-28-22(14-17)30-21-6-2-1-5-20(21)29-18-4-3-13-31(15-18)19-9-7-16(8-10-19)23(25,26)27/h7-12,14,18,20-21,29H,1-6,13,15H2,(H,28,30)/t18-,20?,21?/m0/s1. The second kappa shape index (κ2) is 9.77. The highest BCUT2D eigenvalue weighted by Gasteiger charge is 2.31. The summed E-state index contributed by atoms with van der Waals surface area (Å²) in [5, 5.41) is 7.46. The van der Waals surface area contributed by atoms with Crippen LogP contribution in [0.5, 0.6) is 0 Å². The van der Waals surface area contributed by atoms with Gasteiger partial charge in [0.1, 0.15) is 5.82 Å². The number of alkyl halides is 3. The summed E-state index contributed by atoms with van der Waals surface area (Å²) in [5.74, 6) is 0.878. The molecular formula is C23H28BrF3N4. The number of halogens is 4. The number of benzene rings is 1. The predicted octanol–water partition coefficient (Wildman–Crippen LogP) is 5.84. The lowest BCUT2D eigenvalue weighted by Gasteiger charge is -2.40. The van der Waals surface area contributed by atoms with Crippen LogP contribution in [0.15, 0.2) is 47.1 Å². The van der Waals surface area contributed by atoms with Crippen LogP contribution in [-0.2, 0) is 6.18 Å². The molecule has 2 N–H and O–H groups in total. The fourth-order valence-electron chi connectivity index (χ4n) is 4.69. The van der Waals surface area contributed by atoms with Crippen molar-refractivity contribution in [3.8, 4) is 0 Å². The van der Waals surface area contributed by atoms with Crippen molar-refractivity contribution in [2.45, 2.75) is 62.8 Å². The molecule has 2 unspecified atom stereocenters. The van der Waals surface area contributed by atoms with Crippen LogP contribution >= 0.6 is 15.9 Å². The maximum atomic E-state index is 12.9. The summed E-state index contributed by atoms with van der Waals surface area (Å²) >= 11 is 3.50. The van der Waals surface area contributed by atoms with Gasteiger partial charge in [-0.1, -0.05) is 28.8 Å². The lowest BCUT2D eigenvalue weighted by atomic mass is 9.89. The van der Waals surface area contributed by atoms with E-state index in [1.54, 1.807) is 18.3 Å². The Kier molecular flexibility index (Phi) is 7.06. The van der Waals surface area contributed by atoms with E-state index in [-0.39, 0.29) is 0 Å². The highest BCUT2D eigenvalue weighted by Crippen LogP contribution is 2.31. The maximum absolute atomic E-state index is 12.9. The smallest absolute Gasteiger partial charge is 0.370 e. The van der Waals surface area contributed by atoms with Crippen molar-refractivity contribution in [3.05, 3.63) is 52.6 Å². The summed E-state index contributed by atoms with van der Waals surface area (Å²) in [6.07, 6.45) is 4.22. The van der Waals surface area contributed by atoms with E-state index < -0.39 is 11.7 Å². The fraction of sp³-hybridized carbons (Fsp3) is 0.522. The van der Waals surface area contributed by atoms with E-state index >= 15 is 0 Å². The Morgan fingerprint density at radius 2 is 1.71 bits per heavy atom. The number of hydrogen-bond donors (Lipinski definition) is 2. The maximum Gasteiger partial charge on any atom is 0.416 e. The number of pyridine rings is 1. The van der Waals surface area contributed by atoms with Crippen LogP contribution in [-0.4, -0.2) is 36.2 Å². The van der Waals surface area contributed by atoms with E-state index in [1.807, 2.05) is 12.1 Å². The van der Waals surface area contributed by atoms with E-state index in [4.69, 9.17) is 0 Å². The van der Waals surface area contributed by atoms with Crippen molar-refractivity contribution < 1.29 is 13.2 Å². The Hall–Kier alpha value is -1.80. The van der Waals surface area contributed by atoms with Crippen LogP contribution in [0.2, 0.25) is 0 Å². The molecule has 4 rings (SSSR count). The molecule has 31 heavy (non-hydrogen) atoms. The van der Waals surface area contributed by atoms with Crippen LogP contribution < -0.4 is 15.5 Å². The highest BCUT2D eigenvalue weighted by molar-refractivity contribution is 9.10. The molecule has 168 valence electrons. The summed E-state index contributed by atoms with van der Waals surface area (Å²) in [6.45, 7) is 1.68. The Bertz CT molecular complexity index is 859. The molecule has 0 bridgehead atoms. The van der Waals surface area contributed by atoms with Crippen LogP contribution in [0, 0.1) is 0 Å². The van der Waals surface area contributed by atoms with Crippen LogP contribution in [0.4, 0.5) is 24.7 Å². The van der Waals surface area contributed by atoms with E-state index in [9.17, 15) is 13.2 Å². The minimum absolute atomic E-state index is 0.317. The van der Waals surface area contributed by atoms with Gasteiger partial charge in [-0.2, -0.15) is 13.2 Å². The number of aromatic nitrogens is 1. The van der Waals surface area contributed by atoms with Crippen molar-refractivity contribution >= 4 is 27.4 Å². The Labute approximate surface area is 189 Å². The average molecular weight is 497 g/mol. The fourth-order valence-corrected chi connectivity index (χ4v) is 5.02. The van der Waals surface area contributed by atoms with Crippen molar-refractivity contribution in [1.29, 1.82) is 0 Å². The summed E-state index contributed by atoms with van der Waals surface area (Å²) in [7, 11) is 0. The van der Waals surface area contributed by atoms with Crippen molar-refractivity contribution in [3.63, 3.8) is 0 Å². The van der Waals surface area contributed by atoms with E-state index in [0.717, 1.165) is 54.8 Å². The first kappa shape index (κ1) is 22.4. The van der Waals surface area contributed by atoms with Gasteiger partial charge in [0.2, 0.25) is 0 Å². The highest BCUT2D eigenvalue weighted by atomic mass is 79.9. The number of nitrogens with zero attached hydrogens (tertiary/aromatic N) is 2. The lowest BCUT2D eigenvalue weighted by molar-refractivity contribution is -0.137. The van der Waals surface area contributed by atoms with Gasteiger partial charge in [-0.05, 0) is 62.1 Å². The third-order valence-corrected chi connectivity index (χ3v) is 6.75. The molecule has 0 spiro atoms. The zero-order valence-electron chi connectivity index (χ0n) is 17.3. The van der Waals surface area contributed by atoms with Gasteiger partial charge in [-0.15, -0.1) is 0 Å². The number of piperidine rings is 1. The van der Waals surface area contributed by atoms with Crippen LogP contribution in [0.1, 0.15) is 44.1 Å². The molecule has 1 aliphatic heterocycles. The SMILES string of the molecule is FC(F)(F)c1ccc(N2CCC[C@H](NC3CCCCC3Nc3cc(Br)ccn3)C2)cc1. The van der Waals surface area contributed by atoms with Gasteiger partial charge in [0.05, 0.1) is 5.56 Å². The van der Waals surface area contributed by atoms with Crippen molar-refractivity contribution in [2.75, 3.05) is 23.3 Å². The van der Waals surface area contributed by atoms with Gasteiger partial charge in [0, 0.05) is 47.6 Å². The third-order valence-electron chi connectivity index (χ3n) is 6.25. The van der Waals surface area contributed by atoms with E-state index in [0.29, 0.717) is 18.1 Å². The zero-order chi connectivity index (χ0) is 21.8. The molecule has 2 fully saturated rings. The second-order valence-corrected chi connectivity index (χ2v) is 9.41. The first-order chi connectivity index (χ1) is 14.9. The summed E-state index contributed by atoms with van der Waals surface area (Å²) in [4.78, 5) is 6.63. The summed E-state index contributed by atoms with van der Waals surface area (Å²) in [6, 6.07) is 10.4. The molecule has 2 aromatic rings. The summed E-state index contributed by atoms with van der Waals surface area (Å²) < 4.78 is 39.6. The Balaban J connectivity index is 1.38. The molecule has 1 aromatic carbocycles. The number of anilines is 2. The first-order valence-electron chi connectivity index (χ1n) is 10.9. The molecule has 0 amide bonds. The minimum Gasteiger partial charge on any atom is -0.370 e. The zero-order valence-corrected chi connectivity index (χ0v) is 18.9. The largest absolute Gasteiger partial charge is 0.416 e.